The molecule has 482 valence electrons. The second kappa shape index (κ2) is 30.9. The Kier molecular flexibility index (Phi) is 23.2. The van der Waals surface area contributed by atoms with Crippen molar-refractivity contribution in [3.63, 3.8) is 0 Å². The van der Waals surface area contributed by atoms with Gasteiger partial charge in [0, 0.05) is 102 Å². The fourth-order valence-electron chi connectivity index (χ4n) is 11.1. The first-order valence-electron chi connectivity index (χ1n) is 29.4. The lowest BCUT2D eigenvalue weighted by Gasteiger charge is -2.18. The normalized spacial score (nSPS) is 12.5. The van der Waals surface area contributed by atoms with Crippen molar-refractivity contribution in [2.45, 2.75) is 67.3 Å². The van der Waals surface area contributed by atoms with Crippen LogP contribution in [0.3, 0.4) is 0 Å². The summed E-state index contributed by atoms with van der Waals surface area (Å²) in [5, 5.41) is 8.78. The number of anilines is 2. The summed E-state index contributed by atoms with van der Waals surface area (Å²) in [5.74, 6) is -1.37. The Morgan fingerprint density at radius 2 is 1.00 bits per heavy atom. The SMILES string of the molecule is C.COc1cc(-c2cccc(-c3cccc(NC(=O)c4c[nH]c(=O)n(C)c4=O)c3C)c2C)cc(F)c1C=O.COc1cc(-c2cccc(-c3cccc(NC(=O)c4c[nH]c(=O)n(C)c4=O)c3C)c2C)cc(F)c1CNCCN1CCCC1=O.NCCN1CCCC1=O. The average Bonchev–Trinajstić information content (AvgIpc) is 0.916. The first-order chi connectivity index (χ1) is 43.6. The standard InChI is InChI=1S/C34H36FN5O5.C28H24FN3O5.C6H12N2O.CH4/c1-20-23(22-16-28(35)26(30(17-22)45-4)18-36-13-15-40-14-7-12-31(40)41)8-5-9-24(20)25-10-6-11-29(21(25)2)38-32(42)27-19-37-34(44)39(3)33(27)43;1-15-18(17-11-23(29)22(14-33)25(12-17)37-4)7-5-8-19(15)20-9-6-10-24(16(20)2)31-26(34)21-13-30-28(36)32(3)27(21)35;7-3-5-8-4-1-2-6(8)9;/h5-6,8-11,16-17,19,36H,7,12-15,18H2,1-4H3,(H,37,44)(H,38,42);5-14H,1-4H3,(H,30,36)(H,31,34);1-5,7H2;1H4. The third-order valence-corrected chi connectivity index (χ3v) is 16.3. The van der Waals surface area contributed by atoms with Crippen molar-refractivity contribution in [1.29, 1.82) is 0 Å². The van der Waals surface area contributed by atoms with Gasteiger partial charge < -0.3 is 50.9 Å². The zero-order valence-corrected chi connectivity index (χ0v) is 51.9. The molecule has 7 N–H and O–H groups in total. The van der Waals surface area contributed by atoms with Crippen LogP contribution in [0.2, 0.25) is 0 Å². The molecule has 23 heteroatoms. The van der Waals surface area contributed by atoms with Gasteiger partial charge in [-0.3, -0.25) is 42.7 Å². The zero-order valence-electron chi connectivity index (χ0n) is 51.9. The summed E-state index contributed by atoms with van der Waals surface area (Å²) in [5.41, 5.74) is 13.0. The van der Waals surface area contributed by atoms with Crippen LogP contribution in [-0.2, 0) is 30.2 Å². The van der Waals surface area contributed by atoms with Crippen molar-refractivity contribution in [2.75, 3.05) is 64.1 Å². The summed E-state index contributed by atoms with van der Waals surface area (Å²) in [4.78, 5) is 116. The quantitative estimate of drug-likeness (QED) is 0.0347. The van der Waals surface area contributed by atoms with Crippen LogP contribution in [0.5, 0.6) is 11.5 Å². The molecular weight excluding hydrogens is 1180 g/mol. The van der Waals surface area contributed by atoms with Gasteiger partial charge in [-0.15, -0.1) is 0 Å². The van der Waals surface area contributed by atoms with E-state index < -0.39 is 45.9 Å². The van der Waals surface area contributed by atoms with Crippen molar-refractivity contribution in [2.24, 2.45) is 19.8 Å². The van der Waals surface area contributed by atoms with E-state index >= 15 is 4.39 Å². The molecule has 2 aromatic heterocycles. The highest BCUT2D eigenvalue weighted by Crippen LogP contribution is 2.40. The average molecular weight is 1260 g/mol. The number of nitrogens with zero attached hydrogens (tertiary/aromatic N) is 4. The number of benzene rings is 6. The van der Waals surface area contributed by atoms with Gasteiger partial charge in [-0.1, -0.05) is 68.1 Å². The predicted octanol–water partition coefficient (Wildman–Crippen LogP) is 8.58. The number of H-pyrrole nitrogens is 2. The maximum atomic E-state index is 15.5. The molecule has 2 fully saturated rings. The van der Waals surface area contributed by atoms with E-state index in [0.29, 0.717) is 66.2 Å². The molecule has 4 amide bonds. The van der Waals surface area contributed by atoms with Gasteiger partial charge in [0.1, 0.15) is 34.3 Å². The minimum Gasteiger partial charge on any atom is -0.496 e. The van der Waals surface area contributed by atoms with E-state index in [4.69, 9.17) is 15.2 Å². The molecule has 6 aromatic carbocycles. The van der Waals surface area contributed by atoms with E-state index in [1.807, 2.05) is 92.1 Å². The van der Waals surface area contributed by atoms with Crippen LogP contribution in [0.15, 0.2) is 129 Å². The fraction of sp³-hybridized carbons (Fsp3) is 0.290. The Balaban J connectivity index is 0.000000230. The van der Waals surface area contributed by atoms with Crippen LogP contribution in [0, 0.1) is 39.3 Å². The number of methoxy groups -OCH3 is 2. The highest BCUT2D eigenvalue weighted by molar-refractivity contribution is 6.05. The maximum absolute atomic E-state index is 15.5. The first-order valence-corrected chi connectivity index (χ1v) is 29.4. The van der Waals surface area contributed by atoms with Crippen molar-refractivity contribution in [3.8, 4) is 56.0 Å². The summed E-state index contributed by atoms with van der Waals surface area (Å²) in [7, 11) is 5.47. The number of hydrogen-bond acceptors (Lipinski definition) is 13. The number of halogens is 2. The summed E-state index contributed by atoms with van der Waals surface area (Å²) in [6.45, 7) is 12.0. The van der Waals surface area contributed by atoms with Crippen LogP contribution in [0.4, 0.5) is 20.2 Å². The number of carbonyl (C=O) groups is 5. The summed E-state index contributed by atoms with van der Waals surface area (Å²) < 4.78 is 42.6. The number of nitrogens with two attached hydrogens (primary N) is 1. The molecule has 2 aliphatic rings. The van der Waals surface area contributed by atoms with Gasteiger partial charge in [0.15, 0.2) is 6.29 Å². The number of hydrogen-bond donors (Lipinski definition) is 6. The predicted molar refractivity (Wildman–Crippen MR) is 352 cm³/mol. The number of carbonyl (C=O) groups excluding carboxylic acids is 5. The molecule has 92 heavy (non-hydrogen) atoms. The molecule has 4 heterocycles. The van der Waals surface area contributed by atoms with Gasteiger partial charge in [0.05, 0.1) is 19.8 Å². The Bertz CT molecular complexity index is 4360. The molecule has 0 saturated carbocycles. The van der Waals surface area contributed by atoms with E-state index in [1.165, 1.54) is 40.4 Å². The van der Waals surface area contributed by atoms with E-state index in [-0.39, 0.29) is 48.2 Å². The Morgan fingerprint density at radius 3 is 1.42 bits per heavy atom. The number of likely N-dealkylation sites (tertiary alicyclic amines) is 2. The second-order valence-electron chi connectivity index (χ2n) is 21.8. The van der Waals surface area contributed by atoms with Crippen LogP contribution in [0.1, 0.15) is 92.0 Å². The summed E-state index contributed by atoms with van der Waals surface area (Å²) >= 11 is 0. The summed E-state index contributed by atoms with van der Waals surface area (Å²) in [6.07, 6.45) is 5.83. The molecule has 2 aliphatic heterocycles. The second-order valence-corrected chi connectivity index (χ2v) is 21.8. The molecule has 0 spiro atoms. The van der Waals surface area contributed by atoms with Gasteiger partial charge in [0.2, 0.25) is 11.8 Å². The lowest BCUT2D eigenvalue weighted by atomic mass is 9.90. The van der Waals surface area contributed by atoms with E-state index in [1.54, 1.807) is 30.3 Å². The van der Waals surface area contributed by atoms with Gasteiger partial charge in [-0.05, 0) is 144 Å². The molecule has 10 rings (SSSR count). The number of ether oxygens (including phenoxy) is 2. The summed E-state index contributed by atoms with van der Waals surface area (Å²) in [6, 6.07) is 28.5. The molecule has 0 unspecified atom stereocenters. The lowest BCUT2D eigenvalue weighted by Crippen LogP contribution is -2.37. The molecule has 2 saturated heterocycles. The molecule has 0 atom stereocenters. The lowest BCUT2D eigenvalue weighted by molar-refractivity contribution is -0.128. The smallest absolute Gasteiger partial charge is 0.328 e. The van der Waals surface area contributed by atoms with Crippen LogP contribution < -0.4 is 53.7 Å². The Labute approximate surface area is 530 Å². The maximum Gasteiger partial charge on any atom is 0.328 e. The minimum absolute atomic E-state index is 0. The largest absolute Gasteiger partial charge is 0.496 e. The molecule has 21 nitrogen and oxygen atoms in total. The van der Waals surface area contributed by atoms with Crippen molar-refractivity contribution in [1.82, 2.24) is 34.2 Å². The fourth-order valence-corrected chi connectivity index (χ4v) is 11.1. The monoisotopic (exact) mass is 1260 g/mol. The minimum atomic E-state index is -0.707. The molecular formula is C69H76F2N10O11. The van der Waals surface area contributed by atoms with E-state index in [0.717, 1.165) is 116 Å². The number of rotatable bonds is 18. The van der Waals surface area contributed by atoms with E-state index in [2.05, 4.69) is 25.9 Å². The highest BCUT2D eigenvalue weighted by Gasteiger charge is 2.24. The van der Waals surface area contributed by atoms with Crippen molar-refractivity contribution >= 4 is 41.3 Å². The molecule has 0 aliphatic carbocycles. The van der Waals surface area contributed by atoms with Gasteiger partial charge in [0.25, 0.3) is 22.9 Å². The van der Waals surface area contributed by atoms with Crippen molar-refractivity contribution < 1.29 is 42.2 Å². The van der Waals surface area contributed by atoms with Crippen LogP contribution in [0.25, 0.3) is 44.5 Å². The number of nitrogens with one attached hydrogen (secondary N) is 5. The molecule has 8 aromatic rings. The number of aromatic amines is 2. The highest BCUT2D eigenvalue weighted by atomic mass is 19.1. The van der Waals surface area contributed by atoms with Gasteiger partial charge in [-0.2, -0.15) is 0 Å². The molecule has 0 bridgehead atoms. The Hall–Kier alpha value is -10.4. The van der Waals surface area contributed by atoms with Gasteiger partial charge >= 0.3 is 11.4 Å². The zero-order chi connectivity index (χ0) is 65.8. The third-order valence-electron chi connectivity index (χ3n) is 16.3. The van der Waals surface area contributed by atoms with E-state index in [9.17, 15) is 47.5 Å². The topological polar surface area (TPSA) is 282 Å². The Morgan fingerprint density at radius 1 is 0.587 bits per heavy atom. The van der Waals surface area contributed by atoms with Crippen molar-refractivity contribution in [3.05, 3.63) is 207 Å². The van der Waals surface area contributed by atoms with Crippen LogP contribution >= 0.6 is 0 Å². The number of amides is 4. The van der Waals surface area contributed by atoms with Gasteiger partial charge in [-0.25, -0.2) is 18.4 Å². The number of aromatic nitrogens is 4. The number of aldehydes is 1. The van der Waals surface area contributed by atoms with Crippen LogP contribution in [-0.4, -0.2) is 112 Å². The first kappa shape index (κ1) is 69.1. The molecule has 0 radical (unpaired) electrons. The third kappa shape index (κ3) is 15.2.